The van der Waals surface area contributed by atoms with Gasteiger partial charge in [-0.3, -0.25) is 9.52 Å². The molecule has 0 bridgehead atoms. The molecule has 1 N–H and O–H groups in total. The van der Waals surface area contributed by atoms with E-state index in [9.17, 15) is 17.6 Å². The smallest absolute Gasteiger partial charge is 0.261 e. The summed E-state index contributed by atoms with van der Waals surface area (Å²) in [6.45, 7) is 1.96. The van der Waals surface area contributed by atoms with Crippen LogP contribution in [0.4, 0.5) is 15.8 Å². The van der Waals surface area contributed by atoms with Gasteiger partial charge in [0.05, 0.1) is 16.1 Å². The van der Waals surface area contributed by atoms with E-state index in [0.29, 0.717) is 0 Å². The highest BCUT2D eigenvalue weighted by atomic mass is 32.2. The Labute approximate surface area is 168 Å². The number of rotatable bonds is 4. The molecule has 29 heavy (non-hydrogen) atoms. The normalized spacial score (nSPS) is 15.8. The maximum absolute atomic E-state index is 13.3. The number of amides is 1. The third-order valence-corrected chi connectivity index (χ3v) is 6.33. The Morgan fingerprint density at radius 2 is 1.66 bits per heavy atom. The lowest BCUT2D eigenvalue weighted by atomic mass is 10.1. The van der Waals surface area contributed by atoms with Crippen LogP contribution in [-0.4, -0.2) is 20.4 Å². The van der Waals surface area contributed by atoms with Crippen molar-refractivity contribution in [2.75, 3.05) is 9.62 Å². The molecule has 0 fully saturated rings. The summed E-state index contributed by atoms with van der Waals surface area (Å²) < 4.78 is 41.0. The lowest BCUT2D eigenvalue weighted by Crippen LogP contribution is -2.36. The number of carbonyl (C=O) groups excluding carboxylic acids is 1. The summed E-state index contributed by atoms with van der Waals surface area (Å²) >= 11 is 0. The van der Waals surface area contributed by atoms with Crippen LogP contribution in [0.1, 0.15) is 22.8 Å². The number of para-hydroxylation sites is 2. The van der Waals surface area contributed by atoms with Crippen molar-refractivity contribution in [2.24, 2.45) is 0 Å². The number of hydrogen-bond donors (Lipinski definition) is 1. The van der Waals surface area contributed by atoms with Gasteiger partial charge in [-0.25, -0.2) is 12.8 Å². The highest BCUT2D eigenvalue weighted by molar-refractivity contribution is 7.92. The monoisotopic (exact) mass is 410 g/mol. The van der Waals surface area contributed by atoms with Crippen molar-refractivity contribution in [1.82, 2.24) is 0 Å². The van der Waals surface area contributed by atoms with Crippen LogP contribution in [0.2, 0.25) is 0 Å². The molecule has 0 spiro atoms. The molecule has 1 aliphatic heterocycles. The lowest BCUT2D eigenvalue weighted by Gasteiger charge is -2.24. The number of nitrogens with one attached hydrogen (secondary N) is 1. The topological polar surface area (TPSA) is 66.5 Å². The van der Waals surface area contributed by atoms with E-state index in [4.69, 9.17) is 0 Å². The van der Waals surface area contributed by atoms with Gasteiger partial charge in [0, 0.05) is 11.7 Å². The summed E-state index contributed by atoms with van der Waals surface area (Å²) in [5.74, 6) is -0.805. The summed E-state index contributed by atoms with van der Waals surface area (Å²) in [6, 6.07) is 18.6. The molecule has 5 nitrogen and oxygen atoms in total. The number of hydrogen-bond acceptors (Lipinski definition) is 3. The van der Waals surface area contributed by atoms with Crippen LogP contribution in [0, 0.1) is 5.82 Å². The SMILES string of the molecule is C[C@@H]1Cc2ccccc2N1C(=O)c1ccccc1NS(=O)(=O)c1ccc(F)cc1. The molecular weight excluding hydrogens is 391 g/mol. The van der Waals surface area contributed by atoms with Crippen molar-refractivity contribution < 1.29 is 17.6 Å². The molecule has 0 aliphatic carbocycles. The highest BCUT2D eigenvalue weighted by Crippen LogP contribution is 2.34. The van der Waals surface area contributed by atoms with Crippen LogP contribution >= 0.6 is 0 Å². The minimum absolute atomic E-state index is 0.0401. The molecule has 1 heterocycles. The molecule has 0 saturated heterocycles. The fourth-order valence-electron chi connectivity index (χ4n) is 3.58. The molecule has 1 amide bonds. The number of carbonyl (C=O) groups is 1. The molecule has 3 aromatic rings. The van der Waals surface area contributed by atoms with Gasteiger partial charge < -0.3 is 4.90 Å². The van der Waals surface area contributed by atoms with Gasteiger partial charge in [0.15, 0.2) is 0 Å². The van der Waals surface area contributed by atoms with E-state index in [1.165, 1.54) is 12.1 Å². The third-order valence-electron chi connectivity index (χ3n) is 4.95. The van der Waals surface area contributed by atoms with Crippen LogP contribution < -0.4 is 9.62 Å². The first-order chi connectivity index (χ1) is 13.9. The molecule has 1 atom stereocenters. The first-order valence-corrected chi connectivity index (χ1v) is 10.6. The molecule has 148 valence electrons. The first-order valence-electron chi connectivity index (χ1n) is 9.16. The average molecular weight is 410 g/mol. The third kappa shape index (κ3) is 3.61. The van der Waals surface area contributed by atoms with Gasteiger partial charge in [0.25, 0.3) is 15.9 Å². The Hall–Kier alpha value is -3.19. The number of nitrogens with zero attached hydrogens (tertiary/aromatic N) is 1. The predicted octanol–water partition coefficient (Wildman–Crippen LogP) is 4.22. The van der Waals surface area contributed by atoms with Gasteiger partial charge >= 0.3 is 0 Å². The molecule has 3 aromatic carbocycles. The second-order valence-corrected chi connectivity index (χ2v) is 8.64. The molecule has 0 radical (unpaired) electrons. The van der Waals surface area contributed by atoms with Crippen molar-refractivity contribution >= 4 is 27.3 Å². The van der Waals surface area contributed by atoms with Crippen LogP contribution in [0.15, 0.2) is 77.7 Å². The Kier molecular flexibility index (Phi) is 4.84. The largest absolute Gasteiger partial charge is 0.305 e. The molecule has 1 aliphatic rings. The summed E-state index contributed by atoms with van der Waals surface area (Å²) in [5.41, 5.74) is 2.35. The van der Waals surface area contributed by atoms with Crippen molar-refractivity contribution in [2.45, 2.75) is 24.3 Å². The Morgan fingerprint density at radius 3 is 2.41 bits per heavy atom. The number of anilines is 2. The molecular formula is C22H19FN2O3S. The second kappa shape index (κ2) is 7.33. The molecule has 0 unspecified atom stereocenters. The van der Waals surface area contributed by atoms with Crippen molar-refractivity contribution in [3.63, 3.8) is 0 Å². The van der Waals surface area contributed by atoms with Crippen LogP contribution in [0.25, 0.3) is 0 Å². The van der Waals surface area contributed by atoms with E-state index >= 15 is 0 Å². The van der Waals surface area contributed by atoms with Gasteiger partial charge in [0.2, 0.25) is 0 Å². The second-order valence-electron chi connectivity index (χ2n) is 6.96. The Bertz CT molecular complexity index is 1180. The van der Waals surface area contributed by atoms with Gasteiger partial charge in [-0.05, 0) is 61.4 Å². The van der Waals surface area contributed by atoms with E-state index in [-0.39, 0.29) is 28.1 Å². The predicted molar refractivity (Wildman–Crippen MR) is 110 cm³/mol. The van der Waals surface area contributed by atoms with E-state index in [1.54, 1.807) is 29.2 Å². The van der Waals surface area contributed by atoms with Crippen molar-refractivity contribution in [1.29, 1.82) is 0 Å². The zero-order chi connectivity index (χ0) is 20.6. The first kappa shape index (κ1) is 19.1. The van der Waals surface area contributed by atoms with E-state index in [0.717, 1.165) is 29.8 Å². The maximum Gasteiger partial charge on any atom is 0.261 e. The highest BCUT2D eigenvalue weighted by Gasteiger charge is 2.32. The number of sulfonamides is 1. The van der Waals surface area contributed by atoms with Crippen LogP contribution in [-0.2, 0) is 16.4 Å². The zero-order valence-electron chi connectivity index (χ0n) is 15.7. The molecule has 0 saturated carbocycles. The summed E-state index contributed by atoms with van der Waals surface area (Å²) in [5, 5.41) is 0. The quantitative estimate of drug-likeness (QED) is 0.700. The lowest BCUT2D eigenvalue weighted by molar-refractivity contribution is 0.0982. The standard InChI is InChI=1S/C22H19FN2O3S/c1-15-14-16-6-2-5-9-21(16)25(15)22(26)19-7-3-4-8-20(19)24-29(27,28)18-12-10-17(23)11-13-18/h2-13,15,24H,14H2,1H3/t15-/m1/s1. The van der Waals surface area contributed by atoms with Gasteiger partial charge in [-0.2, -0.15) is 0 Å². The summed E-state index contributed by atoms with van der Waals surface area (Å²) in [4.78, 5) is 15.0. The molecule has 0 aromatic heterocycles. The Balaban J connectivity index is 1.69. The van der Waals surface area contributed by atoms with Crippen molar-refractivity contribution in [3.05, 3.63) is 89.7 Å². The summed E-state index contributed by atoms with van der Waals surface area (Å²) in [6.07, 6.45) is 0.741. The van der Waals surface area contributed by atoms with Gasteiger partial charge in [-0.1, -0.05) is 30.3 Å². The number of benzene rings is 3. The molecule has 7 heteroatoms. The van der Waals surface area contributed by atoms with E-state index in [1.807, 2.05) is 31.2 Å². The fourth-order valence-corrected chi connectivity index (χ4v) is 4.66. The van der Waals surface area contributed by atoms with Crippen LogP contribution in [0.3, 0.4) is 0 Å². The zero-order valence-corrected chi connectivity index (χ0v) is 16.5. The van der Waals surface area contributed by atoms with E-state index < -0.39 is 15.8 Å². The van der Waals surface area contributed by atoms with Crippen molar-refractivity contribution in [3.8, 4) is 0 Å². The minimum Gasteiger partial charge on any atom is -0.305 e. The van der Waals surface area contributed by atoms with E-state index in [2.05, 4.69) is 4.72 Å². The minimum atomic E-state index is -3.97. The molecule has 4 rings (SSSR count). The fraction of sp³-hybridized carbons (Fsp3) is 0.136. The maximum atomic E-state index is 13.3. The summed E-state index contributed by atoms with van der Waals surface area (Å²) in [7, 11) is -3.97. The van der Waals surface area contributed by atoms with Gasteiger partial charge in [0.1, 0.15) is 5.82 Å². The van der Waals surface area contributed by atoms with Crippen LogP contribution in [0.5, 0.6) is 0 Å². The van der Waals surface area contributed by atoms with Gasteiger partial charge in [-0.15, -0.1) is 0 Å². The number of fused-ring (bicyclic) bond motifs is 1. The number of halogens is 1. The average Bonchev–Trinajstić information content (AvgIpc) is 3.03. The Morgan fingerprint density at radius 1 is 1.00 bits per heavy atom.